The quantitative estimate of drug-likeness (QED) is 0.853. The number of anilines is 2. The van der Waals surface area contributed by atoms with Crippen LogP contribution >= 0.6 is 12.2 Å². The molecule has 0 bridgehead atoms. The van der Waals surface area contributed by atoms with Gasteiger partial charge in [-0.3, -0.25) is 9.69 Å². The predicted molar refractivity (Wildman–Crippen MR) is 96.0 cm³/mol. The minimum absolute atomic E-state index is 0.128. The van der Waals surface area contributed by atoms with E-state index in [2.05, 4.69) is 6.07 Å². The van der Waals surface area contributed by atoms with Crippen LogP contribution in [-0.4, -0.2) is 22.2 Å². The molecule has 1 unspecified atom stereocenters. The van der Waals surface area contributed by atoms with Crippen molar-refractivity contribution in [3.8, 4) is 11.8 Å². The van der Waals surface area contributed by atoms with Crippen molar-refractivity contribution < 1.29 is 9.90 Å². The number of hydrogen-bond donors (Lipinski definition) is 1. The Hall–Kier alpha value is -2.91. The van der Waals surface area contributed by atoms with Gasteiger partial charge in [0.25, 0.3) is 5.91 Å². The molecule has 0 saturated carbocycles. The Kier molecular flexibility index (Phi) is 3.96. The van der Waals surface area contributed by atoms with Gasteiger partial charge in [-0.1, -0.05) is 0 Å². The normalized spacial score (nSPS) is 17.3. The Morgan fingerprint density at radius 1 is 1.17 bits per heavy atom. The van der Waals surface area contributed by atoms with Crippen LogP contribution in [0.5, 0.6) is 5.75 Å². The van der Waals surface area contributed by atoms with Crippen molar-refractivity contribution in [3.05, 3.63) is 53.6 Å². The molecule has 1 saturated heterocycles. The van der Waals surface area contributed by atoms with E-state index in [9.17, 15) is 9.90 Å². The molecule has 1 atom stereocenters. The molecule has 1 heterocycles. The standard InChI is InChI=1S/C18H15N3O2S/c1-11-9-15(4-3-13(11)10-19)21-17(23)12(2)20(18(21)24)14-5-7-16(22)8-6-14/h3-9,12,22H,1-2H3. The number of hydrogen-bond acceptors (Lipinski definition) is 4. The number of nitriles is 1. The molecular formula is C18H15N3O2S. The van der Waals surface area contributed by atoms with Crippen LogP contribution < -0.4 is 9.80 Å². The lowest BCUT2D eigenvalue weighted by Crippen LogP contribution is -2.33. The number of phenolic OH excluding ortho intramolecular Hbond substituents is 1. The molecule has 1 fully saturated rings. The van der Waals surface area contributed by atoms with Gasteiger partial charge in [-0.25, -0.2) is 0 Å². The molecule has 0 aliphatic carbocycles. The number of carbonyl (C=O) groups is 1. The highest BCUT2D eigenvalue weighted by Crippen LogP contribution is 2.31. The van der Waals surface area contributed by atoms with Crippen LogP contribution in [0.2, 0.25) is 0 Å². The third-order valence-electron chi connectivity index (χ3n) is 4.08. The van der Waals surface area contributed by atoms with E-state index in [1.54, 1.807) is 54.3 Å². The van der Waals surface area contributed by atoms with Crippen molar-refractivity contribution in [1.29, 1.82) is 5.26 Å². The van der Waals surface area contributed by atoms with Crippen molar-refractivity contribution in [1.82, 2.24) is 0 Å². The van der Waals surface area contributed by atoms with Gasteiger partial charge in [-0.15, -0.1) is 0 Å². The van der Waals surface area contributed by atoms with E-state index in [0.29, 0.717) is 16.4 Å². The fourth-order valence-corrected chi connectivity index (χ4v) is 3.22. The molecule has 6 heteroatoms. The molecule has 1 N–H and O–H groups in total. The van der Waals surface area contributed by atoms with Crippen molar-refractivity contribution in [2.75, 3.05) is 9.80 Å². The second kappa shape index (κ2) is 5.95. The van der Waals surface area contributed by atoms with Gasteiger partial charge in [0.15, 0.2) is 5.11 Å². The highest BCUT2D eigenvalue weighted by molar-refractivity contribution is 7.81. The Morgan fingerprint density at radius 2 is 1.79 bits per heavy atom. The predicted octanol–water partition coefficient (Wildman–Crippen LogP) is 3.10. The van der Waals surface area contributed by atoms with Crippen molar-refractivity contribution >= 4 is 34.6 Å². The summed E-state index contributed by atoms with van der Waals surface area (Å²) in [6.07, 6.45) is 0. The highest BCUT2D eigenvalue weighted by atomic mass is 32.1. The van der Waals surface area contributed by atoms with Gasteiger partial charge in [0.1, 0.15) is 11.8 Å². The van der Waals surface area contributed by atoms with Crippen LogP contribution in [0, 0.1) is 18.3 Å². The first-order valence-electron chi connectivity index (χ1n) is 7.41. The minimum atomic E-state index is -0.446. The molecule has 0 spiro atoms. The van der Waals surface area contributed by atoms with Crippen LogP contribution in [-0.2, 0) is 4.79 Å². The number of benzene rings is 2. The average molecular weight is 337 g/mol. The average Bonchev–Trinajstić information content (AvgIpc) is 2.78. The summed E-state index contributed by atoms with van der Waals surface area (Å²) in [6, 6.07) is 13.4. The summed E-state index contributed by atoms with van der Waals surface area (Å²) in [5.74, 6) is 0.0274. The largest absolute Gasteiger partial charge is 0.508 e. The molecule has 1 aliphatic heterocycles. The van der Waals surface area contributed by atoms with Gasteiger partial charge >= 0.3 is 0 Å². The Bertz CT molecular complexity index is 871. The number of aryl methyl sites for hydroxylation is 1. The van der Waals surface area contributed by atoms with E-state index in [1.165, 1.54) is 4.90 Å². The molecule has 0 radical (unpaired) electrons. The van der Waals surface area contributed by atoms with Crippen molar-refractivity contribution in [2.24, 2.45) is 0 Å². The highest BCUT2D eigenvalue weighted by Gasteiger charge is 2.41. The first-order valence-corrected chi connectivity index (χ1v) is 7.82. The van der Waals surface area contributed by atoms with Crippen molar-refractivity contribution in [2.45, 2.75) is 19.9 Å². The number of phenols is 1. The molecule has 2 aromatic rings. The monoisotopic (exact) mass is 337 g/mol. The summed E-state index contributed by atoms with van der Waals surface area (Å²) in [7, 11) is 0. The maximum atomic E-state index is 12.7. The van der Waals surface area contributed by atoms with E-state index in [-0.39, 0.29) is 11.7 Å². The van der Waals surface area contributed by atoms with Crippen LogP contribution in [0.1, 0.15) is 18.1 Å². The van der Waals surface area contributed by atoms with Crippen LogP contribution in [0.4, 0.5) is 11.4 Å². The van der Waals surface area contributed by atoms with Gasteiger partial charge in [-0.05, 0) is 74.1 Å². The van der Waals surface area contributed by atoms with Gasteiger partial charge in [0.05, 0.1) is 17.3 Å². The van der Waals surface area contributed by atoms with Gasteiger partial charge in [0.2, 0.25) is 0 Å². The molecule has 3 rings (SSSR count). The summed E-state index contributed by atoms with van der Waals surface area (Å²) >= 11 is 5.52. The molecule has 120 valence electrons. The topological polar surface area (TPSA) is 67.6 Å². The number of aromatic hydroxyl groups is 1. The van der Waals surface area contributed by atoms with Crippen LogP contribution in [0.25, 0.3) is 0 Å². The fourth-order valence-electron chi connectivity index (χ4n) is 2.76. The minimum Gasteiger partial charge on any atom is -0.508 e. The van der Waals surface area contributed by atoms with Gasteiger partial charge < -0.3 is 10.0 Å². The Balaban J connectivity index is 2.00. The molecule has 5 nitrogen and oxygen atoms in total. The van der Waals surface area contributed by atoms with Crippen LogP contribution in [0.3, 0.4) is 0 Å². The summed E-state index contributed by atoms with van der Waals surface area (Å²) in [5, 5.41) is 18.9. The summed E-state index contributed by atoms with van der Waals surface area (Å²) in [6.45, 7) is 3.62. The third kappa shape index (κ3) is 2.49. The summed E-state index contributed by atoms with van der Waals surface area (Å²) in [5.41, 5.74) is 2.75. The second-order valence-electron chi connectivity index (χ2n) is 5.63. The maximum Gasteiger partial charge on any atom is 0.256 e. The summed E-state index contributed by atoms with van der Waals surface area (Å²) < 4.78 is 0. The number of nitrogens with zero attached hydrogens (tertiary/aromatic N) is 3. The zero-order valence-corrected chi connectivity index (χ0v) is 14.0. The number of amides is 1. The number of carbonyl (C=O) groups excluding carboxylic acids is 1. The van der Waals surface area contributed by atoms with E-state index in [0.717, 1.165) is 11.3 Å². The summed E-state index contributed by atoms with van der Waals surface area (Å²) in [4.78, 5) is 16.0. The third-order valence-corrected chi connectivity index (χ3v) is 4.46. The smallest absolute Gasteiger partial charge is 0.256 e. The first-order chi connectivity index (χ1) is 11.4. The Labute approximate surface area is 145 Å². The first kappa shape index (κ1) is 16.0. The molecular weight excluding hydrogens is 322 g/mol. The van der Waals surface area contributed by atoms with E-state index in [1.807, 2.05) is 6.92 Å². The maximum absolute atomic E-state index is 12.7. The second-order valence-corrected chi connectivity index (χ2v) is 5.99. The van der Waals surface area contributed by atoms with E-state index < -0.39 is 6.04 Å². The molecule has 0 aromatic heterocycles. The SMILES string of the molecule is Cc1cc(N2C(=O)C(C)N(c3ccc(O)cc3)C2=S)ccc1C#N. The fraction of sp³-hybridized carbons (Fsp3) is 0.167. The number of thiocarbonyl (C=S) groups is 1. The van der Waals surface area contributed by atoms with E-state index in [4.69, 9.17) is 17.5 Å². The van der Waals surface area contributed by atoms with Gasteiger partial charge in [0, 0.05) is 5.69 Å². The molecule has 1 amide bonds. The van der Waals surface area contributed by atoms with Gasteiger partial charge in [-0.2, -0.15) is 5.26 Å². The van der Waals surface area contributed by atoms with Crippen molar-refractivity contribution in [3.63, 3.8) is 0 Å². The lowest BCUT2D eigenvalue weighted by atomic mass is 10.1. The molecule has 24 heavy (non-hydrogen) atoms. The number of rotatable bonds is 2. The molecule has 1 aliphatic rings. The Morgan fingerprint density at radius 3 is 2.38 bits per heavy atom. The molecule has 2 aromatic carbocycles. The lowest BCUT2D eigenvalue weighted by molar-refractivity contribution is -0.117. The van der Waals surface area contributed by atoms with E-state index >= 15 is 0 Å². The zero-order valence-electron chi connectivity index (χ0n) is 13.2. The lowest BCUT2D eigenvalue weighted by Gasteiger charge is -2.22. The zero-order chi connectivity index (χ0) is 17.4. The van der Waals surface area contributed by atoms with Crippen LogP contribution in [0.15, 0.2) is 42.5 Å².